The van der Waals surface area contributed by atoms with E-state index in [1.54, 1.807) is 24.3 Å². The summed E-state index contributed by atoms with van der Waals surface area (Å²) in [7, 11) is -3.67. The molecular weight excluding hydrogens is 448 g/mol. The number of benzene rings is 3. The molecule has 3 aromatic carbocycles. The van der Waals surface area contributed by atoms with Crippen LogP contribution in [0, 0.1) is 0 Å². The van der Waals surface area contributed by atoms with E-state index < -0.39 is 10.0 Å². The van der Waals surface area contributed by atoms with Crippen LogP contribution in [0.1, 0.15) is 42.5 Å². The number of anilines is 1. The van der Waals surface area contributed by atoms with Gasteiger partial charge in [-0.3, -0.25) is 9.10 Å². The molecule has 1 aliphatic rings. The molecule has 1 N–H and O–H groups in total. The molecule has 7 heteroatoms. The highest BCUT2D eigenvalue weighted by Gasteiger charge is 2.22. The molecule has 3 aromatic rings. The molecule has 178 valence electrons. The predicted molar refractivity (Wildman–Crippen MR) is 135 cm³/mol. The van der Waals surface area contributed by atoms with Crippen molar-refractivity contribution in [2.75, 3.05) is 17.1 Å². The molecule has 0 bridgehead atoms. The van der Waals surface area contributed by atoms with Gasteiger partial charge in [-0.2, -0.15) is 0 Å². The van der Waals surface area contributed by atoms with Gasteiger partial charge >= 0.3 is 0 Å². The molecule has 0 radical (unpaired) electrons. The van der Waals surface area contributed by atoms with Crippen LogP contribution in [0.25, 0.3) is 0 Å². The zero-order chi connectivity index (χ0) is 24.1. The summed E-state index contributed by atoms with van der Waals surface area (Å²) in [5, 5.41) is 2.95. The van der Waals surface area contributed by atoms with Crippen LogP contribution in [0.3, 0.4) is 0 Å². The molecule has 34 heavy (non-hydrogen) atoms. The number of hydrogen-bond acceptors (Lipinski definition) is 4. The first-order valence-corrected chi connectivity index (χ1v) is 13.4. The number of fused-ring (bicyclic) bond motifs is 1. The molecule has 6 nitrogen and oxygen atoms in total. The predicted octanol–water partition coefficient (Wildman–Crippen LogP) is 5.00. The number of hydrogen-bond donors (Lipinski definition) is 1. The zero-order valence-electron chi connectivity index (χ0n) is 19.5. The minimum atomic E-state index is -3.67. The molecule has 0 aromatic heterocycles. The van der Waals surface area contributed by atoms with Crippen molar-refractivity contribution >= 4 is 21.6 Å². The number of aryl methyl sites for hydroxylation is 2. The molecule has 1 atom stereocenters. The Labute approximate surface area is 201 Å². The van der Waals surface area contributed by atoms with Gasteiger partial charge in [-0.1, -0.05) is 36.4 Å². The van der Waals surface area contributed by atoms with Crippen molar-refractivity contribution in [2.45, 2.75) is 38.6 Å². The fraction of sp³-hybridized carbons (Fsp3) is 0.296. The number of rotatable bonds is 8. The van der Waals surface area contributed by atoms with Crippen LogP contribution in [0.15, 0.2) is 72.8 Å². The number of nitrogens with one attached hydrogen (secondary N) is 1. The summed E-state index contributed by atoms with van der Waals surface area (Å²) in [6, 6.07) is 22.1. The number of carbonyl (C=O) groups is 1. The van der Waals surface area contributed by atoms with Crippen LogP contribution in [-0.2, 0) is 27.7 Å². The zero-order valence-corrected chi connectivity index (χ0v) is 20.3. The molecule has 0 heterocycles. The van der Waals surface area contributed by atoms with Gasteiger partial charge in [0.1, 0.15) is 18.0 Å². The van der Waals surface area contributed by atoms with Gasteiger partial charge in [0.2, 0.25) is 15.9 Å². The SMILES string of the molecule is C[C@H](NC(=O)CN(c1ccc(Oc2ccccc2)cc1)S(C)(=O)=O)c1ccc2c(c1)CCCC2. The van der Waals surface area contributed by atoms with Crippen LogP contribution in [0.2, 0.25) is 0 Å². The van der Waals surface area contributed by atoms with E-state index in [1.165, 1.54) is 24.0 Å². The first-order valence-electron chi connectivity index (χ1n) is 11.5. The summed E-state index contributed by atoms with van der Waals surface area (Å²) < 4.78 is 31.8. The van der Waals surface area contributed by atoms with Crippen molar-refractivity contribution in [1.29, 1.82) is 0 Å². The molecule has 1 amide bonds. The largest absolute Gasteiger partial charge is 0.457 e. The van der Waals surface area contributed by atoms with E-state index >= 15 is 0 Å². The maximum Gasteiger partial charge on any atom is 0.241 e. The first kappa shape index (κ1) is 23.8. The van der Waals surface area contributed by atoms with Gasteiger partial charge in [-0.15, -0.1) is 0 Å². The Bertz CT molecular complexity index is 1240. The fourth-order valence-corrected chi connectivity index (χ4v) is 5.09. The summed E-state index contributed by atoms with van der Waals surface area (Å²) in [5.74, 6) is 0.903. The molecule has 0 saturated carbocycles. The van der Waals surface area contributed by atoms with Gasteiger partial charge < -0.3 is 10.1 Å². The van der Waals surface area contributed by atoms with Crippen molar-refractivity contribution in [3.05, 3.63) is 89.5 Å². The van der Waals surface area contributed by atoms with Gasteiger partial charge in [0.15, 0.2) is 0 Å². The van der Waals surface area contributed by atoms with Crippen molar-refractivity contribution in [2.24, 2.45) is 0 Å². The molecule has 1 aliphatic carbocycles. The van der Waals surface area contributed by atoms with E-state index in [-0.39, 0.29) is 18.5 Å². The van der Waals surface area contributed by atoms with Gasteiger partial charge in [0.05, 0.1) is 18.0 Å². The number of carbonyl (C=O) groups excluding carboxylic acids is 1. The number of nitrogens with zero attached hydrogens (tertiary/aromatic N) is 1. The van der Waals surface area contributed by atoms with Crippen LogP contribution in [0.4, 0.5) is 5.69 Å². The van der Waals surface area contributed by atoms with Crippen LogP contribution < -0.4 is 14.4 Å². The van der Waals surface area contributed by atoms with E-state index in [9.17, 15) is 13.2 Å². The van der Waals surface area contributed by atoms with E-state index in [4.69, 9.17) is 4.74 Å². The lowest BCUT2D eigenvalue weighted by Crippen LogP contribution is -2.41. The maximum atomic E-state index is 12.8. The second kappa shape index (κ2) is 10.3. The molecule has 0 aliphatic heterocycles. The second-order valence-corrected chi connectivity index (χ2v) is 10.6. The van der Waals surface area contributed by atoms with Crippen LogP contribution >= 0.6 is 0 Å². The molecule has 0 spiro atoms. The Balaban J connectivity index is 1.43. The number of amides is 1. The number of sulfonamides is 1. The monoisotopic (exact) mass is 478 g/mol. The van der Waals surface area contributed by atoms with Gasteiger partial charge in [0, 0.05) is 0 Å². The smallest absolute Gasteiger partial charge is 0.241 e. The lowest BCUT2D eigenvalue weighted by molar-refractivity contribution is -0.120. The number of para-hydroxylation sites is 1. The second-order valence-electron chi connectivity index (χ2n) is 8.70. The number of ether oxygens (including phenoxy) is 1. The third-order valence-corrected chi connectivity index (χ3v) is 7.18. The Morgan fingerprint density at radius 2 is 1.59 bits per heavy atom. The van der Waals surface area contributed by atoms with Crippen LogP contribution in [-0.4, -0.2) is 27.1 Å². The molecule has 0 unspecified atom stereocenters. The van der Waals surface area contributed by atoms with Gasteiger partial charge in [0.25, 0.3) is 0 Å². The summed E-state index contributed by atoms with van der Waals surface area (Å²) >= 11 is 0. The minimum Gasteiger partial charge on any atom is -0.457 e. The summed E-state index contributed by atoms with van der Waals surface area (Å²) in [6.45, 7) is 1.62. The van der Waals surface area contributed by atoms with E-state index in [2.05, 4.69) is 23.5 Å². The summed E-state index contributed by atoms with van der Waals surface area (Å²) in [4.78, 5) is 12.8. The standard InChI is InChI=1S/C27H30N2O4S/c1-20(22-13-12-21-8-6-7-9-23(21)18-22)28-27(30)19-29(34(2,31)32)24-14-16-26(17-15-24)33-25-10-4-3-5-11-25/h3-5,10-18,20H,6-9,19H2,1-2H3,(H,28,30)/t20-/m0/s1. The Morgan fingerprint density at radius 1 is 0.941 bits per heavy atom. The minimum absolute atomic E-state index is 0.220. The van der Waals surface area contributed by atoms with Crippen molar-refractivity contribution < 1.29 is 17.9 Å². The average molecular weight is 479 g/mol. The Morgan fingerprint density at radius 3 is 2.26 bits per heavy atom. The maximum absolute atomic E-state index is 12.8. The highest BCUT2D eigenvalue weighted by atomic mass is 32.2. The Kier molecular flexibility index (Phi) is 7.22. The molecule has 0 saturated heterocycles. The lowest BCUT2D eigenvalue weighted by atomic mass is 9.89. The molecule has 4 rings (SSSR count). The van der Waals surface area contributed by atoms with E-state index in [1.807, 2.05) is 37.3 Å². The van der Waals surface area contributed by atoms with Crippen LogP contribution in [0.5, 0.6) is 11.5 Å². The summed E-state index contributed by atoms with van der Waals surface area (Å²) in [5.41, 5.74) is 4.17. The summed E-state index contributed by atoms with van der Waals surface area (Å²) in [6.07, 6.45) is 5.68. The van der Waals surface area contributed by atoms with E-state index in [0.717, 1.165) is 29.0 Å². The highest BCUT2D eigenvalue weighted by molar-refractivity contribution is 7.92. The van der Waals surface area contributed by atoms with Gasteiger partial charge in [-0.05, 0) is 85.7 Å². The molecular formula is C27H30N2O4S. The molecule has 0 fully saturated rings. The first-order chi connectivity index (χ1) is 16.3. The third kappa shape index (κ3) is 5.97. The van der Waals surface area contributed by atoms with Crippen molar-refractivity contribution in [3.63, 3.8) is 0 Å². The van der Waals surface area contributed by atoms with E-state index in [0.29, 0.717) is 17.2 Å². The van der Waals surface area contributed by atoms with Crippen molar-refractivity contribution in [1.82, 2.24) is 5.32 Å². The normalized spacial score (nSPS) is 14.1. The third-order valence-electron chi connectivity index (χ3n) is 6.04. The topological polar surface area (TPSA) is 75.7 Å². The average Bonchev–Trinajstić information content (AvgIpc) is 2.83. The Hall–Kier alpha value is -3.32. The van der Waals surface area contributed by atoms with Gasteiger partial charge in [-0.25, -0.2) is 8.42 Å². The van der Waals surface area contributed by atoms with Crippen molar-refractivity contribution in [3.8, 4) is 11.5 Å². The quantitative estimate of drug-likeness (QED) is 0.494. The highest BCUT2D eigenvalue weighted by Crippen LogP contribution is 2.27. The fourth-order valence-electron chi connectivity index (χ4n) is 4.23. The lowest BCUT2D eigenvalue weighted by Gasteiger charge is -2.24.